The van der Waals surface area contributed by atoms with E-state index in [4.69, 9.17) is 5.73 Å². The Morgan fingerprint density at radius 1 is 1.04 bits per heavy atom. The largest absolute Gasteiger partial charge is 0.382 e. The van der Waals surface area contributed by atoms with Crippen LogP contribution in [0.1, 0.15) is 5.56 Å². The minimum Gasteiger partial charge on any atom is -0.382 e. The van der Waals surface area contributed by atoms with E-state index >= 15 is 0 Å². The Labute approximate surface area is 160 Å². The lowest BCUT2D eigenvalue weighted by Gasteiger charge is -2.22. The van der Waals surface area contributed by atoms with Crippen LogP contribution in [-0.2, 0) is 0 Å². The summed E-state index contributed by atoms with van der Waals surface area (Å²) in [6.45, 7) is 0. The van der Waals surface area contributed by atoms with Gasteiger partial charge in [-0.2, -0.15) is 5.26 Å². The highest BCUT2D eigenvalue weighted by Gasteiger charge is 2.20. The van der Waals surface area contributed by atoms with Gasteiger partial charge < -0.3 is 10.6 Å². The zero-order valence-corrected chi connectivity index (χ0v) is 15.0. The third-order valence-corrected chi connectivity index (χ3v) is 4.47. The van der Waals surface area contributed by atoms with Gasteiger partial charge in [-0.3, -0.25) is 0 Å². The first-order valence-electron chi connectivity index (χ1n) is 8.49. The van der Waals surface area contributed by atoms with Crippen molar-refractivity contribution >= 4 is 28.4 Å². The summed E-state index contributed by atoms with van der Waals surface area (Å²) in [7, 11) is 1.74. The quantitative estimate of drug-likeness (QED) is 0.585. The lowest BCUT2D eigenvalue weighted by molar-refractivity contribution is 0.639. The molecule has 0 fully saturated rings. The summed E-state index contributed by atoms with van der Waals surface area (Å²) < 4.78 is 14.4. The van der Waals surface area contributed by atoms with Crippen molar-refractivity contribution in [3.05, 3.63) is 72.3 Å². The number of aromatic nitrogens is 3. The van der Waals surface area contributed by atoms with Crippen LogP contribution in [0, 0.1) is 17.1 Å². The summed E-state index contributed by atoms with van der Waals surface area (Å²) in [6.07, 6.45) is 1.30. The Morgan fingerprint density at radius 3 is 2.57 bits per heavy atom. The third-order valence-electron chi connectivity index (χ3n) is 4.47. The van der Waals surface area contributed by atoms with Crippen LogP contribution in [0.2, 0.25) is 0 Å². The topological polar surface area (TPSA) is 91.7 Å². The normalized spacial score (nSPS) is 10.6. The highest BCUT2D eigenvalue weighted by molar-refractivity contribution is 5.91. The van der Waals surface area contributed by atoms with Crippen LogP contribution in [0.4, 0.5) is 21.8 Å². The van der Waals surface area contributed by atoms with Crippen LogP contribution in [0.5, 0.6) is 0 Å². The average molecular weight is 370 g/mol. The summed E-state index contributed by atoms with van der Waals surface area (Å²) in [4.78, 5) is 14.4. The van der Waals surface area contributed by atoms with Crippen LogP contribution in [0.25, 0.3) is 22.0 Å². The monoisotopic (exact) mass is 370 g/mol. The molecule has 0 aliphatic heterocycles. The number of nitrogens with two attached hydrogens (primary N) is 1. The predicted molar refractivity (Wildman–Crippen MR) is 106 cm³/mol. The molecule has 0 spiro atoms. The molecule has 2 N–H and O–H groups in total. The molecule has 4 rings (SSSR count). The molecule has 0 unspecified atom stereocenters. The first-order valence-corrected chi connectivity index (χ1v) is 8.49. The number of hydrogen-bond donors (Lipinski definition) is 1. The van der Waals surface area contributed by atoms with Gasteiger partial charge in [0.2, 0.25) is 0 Å². The number of nitrogens with zero attached hydrogens (tertiary/aromatic N) is 5. The Hall–Kier alpha value is -4.05. The van der Waals surface area contributed by atoms with Gasteiger partial charge in [0.15, 0.2) is 5.82 Å². The highest BCUT2D eigenvalue weighted by Crippen LogP contribution is 2.36. The van der Waals surface area contributed by atoms with Crippen molar-refractivity contribution < 1.29 is 4.39 Å². The maximum Gasteiger partial charge on any atom is 0.157 e. The highest BCUT2D eigenvalue weighted by atomic mass is 19.1. The Bertz CT molecular complexity index is 1220. The molecule has 2 aromatic heterocycles. The summed E-state index contributed by atoms with van der Waals surface area (Å²) in [6, 6.07) is 18.1. The van der Waals surface area contributed by atoms with E-state index in [1.165, 1.54) is 12.4 Å². The minimum atomic E-state index is -0.347. The second-order valence-corrected chi connectivity index (χ2v) is 6.16. The zero-order valence-electron chi connectivity index (χ0n) is 15.0. The molecule has 0 atom stereocenters. The number of fused-ring (bicyclic) bond motifs is 1. The number of hydrogen-bond acceptors (Lipinski definition) is 6. The van der Waals surface area contributed by atoms with Gasteiger partial charge in [-0.15, -0.1) is 0 Å². The first kappa shape index (κ1) is 17.4. The number of nitriles is 1. The fourth-order valence-corrected chi connectivity index (χ4v) is 3.09. The van der Waals surface area contributed by atoms with Crippen LogP contribution in [0.15, 0.2) is 60.9 Å². The molecular formula is C21H15FN6. The van der Waals surface area contributed by atoms with Crippen LogP contribution in [-0.4, -0.2) is 22.0 Å². The van der Waals surface area contributed by atoms with Crippen molar-refractivity contribution in [1.82, 2.24) is 15.0 Å². The fraction of sp³-hybridized carbons (Fsp3) is 0.0476. The molecule has 0 amide bonds. The van der Waals surface area contributed by atoms with Gasteiger partial charge in [-0.1, -0.05) is 36.4 Å². The second kappa shape index (κ2) is 6.93. The van der Waals surface area contributed by atoms with E-state index in [0.29, 0.717) is 28.1 Å². The van der Waals surface area contributed by atoms with E-state index < -0.39 is 0 Å². The second-order valence-electron chi connectivity index (χ2n) is 6.16. The molecule has 136 valence electrons. The average Bonchev–Trinajstić information content (AvgIpc) is 2.73. The van der Waals surface area contributed by atoms with Gasteiger partial charge in [-0.05, 0) is 23.8 Å². The van der Waals surface area contributed by atoms with Crippen LogP contribution in [0.3, 0.4) is 0 Å². The molecular weight excluding hydrogens is 355 g/mol. The molecule has 0 saturated carbocycles. The molecule has 0 aliphatic rings. The van der Waals surface area contributed by atoms with Crippen molar-refractivity contribution in [2.45, 2.75) is 0 Å². The van der Waals surface area contributed by atoms with Crippen molar-refractivity contribution in [1.29, 1.82) is 5.26 Å². The predicted octanol–water partition coefficient (Wildman–Crippen LogP) is 4.05. The van der Waals surface area contributed by atoms with Gasteiger partial charge >= 0.3 is 0 Å². The Balaban J connectivity index is 2.01. The number of pyridine rings is 1. The maximum atomic E-state index is 14.4. The SMILES string of the molecule is CN(c1nc2cccc(F)c2cc1-c1ccccc1)c1ncnc(N)c1C#N. The molecule has 0 aliphatic carbocycles. The number of halogens is 1. The summed E-state index contributed by atoms with van der Waals surface area (Å²) in [5.41, 5.74) is 8.07. The molecule has 2 heterocycles. The van der Waals surface area contributed by atoms with E-state index in [9.17, 15) is 9.65 Å². The van der Waals surface area contributed by atoms with Crippen molar-refractivity contribution in [3.8, 4) is 17.2 Å². The third kappa shape index (κ3) is 2.87. The number of anilines is 3. The molecule has 0 radical (unpaired) electrons. The maximum absolute atomic E-state index is 14.4. The summed E-state index contributed by atoms with van der Waals surface area (Å²) >= 11 is 0. The lowest BCUT2D eigenvalue weighted by Crippen LogP contribution is -2.17. The molecule has 28 heavy (non-hydrogen) atoms. The molecule has 0 saturated heterocycles. The molecule has 7 heteroatoms. The van der Waals surface area contributed by atoms with Gasteiger partial charge in [0.1, 0.15) is 35.4 Å². The Morgan fingerprint density at radius 2 is 1.82 bits per heavy atom. The lowest BCUT2D eigenvalue weighted by atomic mass is 10.0. The van der Waals surface area contributed by atoms with Gasteiger partial charge in [0, 0.05) is 18.0 Å². The van der Waals surface area contributed by atoms with Crippen molar-refractivity contribution in [3.63, 3.8) is 0 Å². The van der Waals surface area contributed by atoms with Gasteiger partial charge in [0.25, 0.3) is 0 Å². The van der Waals surface area contributed by atoms with Crippen LogP contribution < -0.4 is 10.6 Å². The van der Waals surface area contributed by atoms with Gasteiger partial charge in [-0.25, -0.2) is 19.3 Å². The van der Waals surface area contributed by atoms with Gasteiger partial charge in [0.05, 0.1) is 5.52 Å². The standard InChI is InChI=1S/C21H15FN6/c1-28(20-16(11-23)19(24)25-12-26-20)21-14(13-6-3-2-4-7-13)10-15-17(22)8-5-9-18(15)27-21/h2-10,12H,1H3,(H2,24,25,26). The minimum absolute atomic E-state index is 0.0902. The summed E-state index contributed by atoms with van der Waals surface area (Å²) in [5, 5.41) is 9.90. The van der Waals surface area contributed by atoms with E-state index in [-0.39, 0.29) is 17.2 Å². The van der Waals surface area contributed by atoms with E-state index in [0.717, 1.165) is 5.56 Å². The van der Waals surface area contributed by atoms with E-state index in [1.54, 1.807) is 30.1 Å². The first-order chi connectivity index (χ1) is 13.6. The van der Waals surface area contributed by atoms with Crippen molar-refractivity contribution in [2.24, 2.45) is 0 Å². The van der Waals surface area contributed by atoms with E-state index in [1.807, 2.05) is 36.4 Å². The smallest absolute Gasteiger partial charge is 0.157 e. The molecule has 2 aromatic carbocycles. The molecule has 4 aromatic rings. The fourth-order valence-electron chi connectivity index (χ4n) is 3.09. The Kier molecular flexibility index (Phi) is 4.30. The molecule has 6 nitrogen and oxygen atoms in total. The number of benzene rings is 2. The number of nitrogen functional groups attached to an aromatic ring is 1. The van der Waals surface area contributed by atoms with E-state index in [2.05, 4.69) is 15.0 Å². The molecule has 0 bridgehead atoms. The van der Waals surface area contributed by atoms with Crippen molar-refractivity contribution in [2.75, 3.05) is 17.7 Å². The van der Waals surface area contributed by atoms with Crippen LogP contribution >= 0.6 is 0 Å². The summed E-state index contributed by atoms with van der Waals surface area (Å²) in [5.74, 6) is 0.599. The zero-order chi connectivity index (χ0) is 19.7. The number of rotatable bonds is 3.